The number of rotatable bonds is 6. The van der Waals surface area contributed by atoms with Crippen LogP contribution in [0.5, 0.6) is 0 Å². The van der Waals surface area contributed by atoms with Crippen LogP contribution in [-0.4, -0.2) is 37.9 Å². The zero-order valence-corrected chi connectivity index (χ0v) is 19.4. The molecule has 3 aromatic heterocycles. The molecule has 0 radical (unpaired) electrons. The van der Waals surface area contributed by atoms with Crippen molar-refractivity contribution in [3.05, 3.63) is 75.7 Å². The van der Waals surface area contributed by atoms with Gasteiger partial charge in [-0.2, -0.15) is 10.4 Å². The monoisotopic (exact) mass is 493 g/mol. The first-order chi connectivity index (χ1) is 17.9. The number of carbonyl (C=O) groups excluding carboxylic acids is 2. The fourth-order valence-corrected chi connectivity index (χ4v) is 7.31. The van der Waals surface area contributed by atoms with Crippen molar-refractivity contribution in [1.82, 2.24) is 30.2 Å². The van der Waals surface area contributed by atoms with Gasteiger partial charge >= 0.3 is 5.76 Å². The Morgan fingerprint density at radius 1 is 1.24 bits per heavy atom. The van der Waals surface area contributed by atoms with Crippen LogP contribution in [0.25, 0.3) is 16.7 Å². The largest absolute Gasteiger partial charge is 0.417 e. The number of allylic oxidation sites excluding steroid dienone is 1. The van der Waals surface area contributed by atoms with Crippen molar-refractivity contribution >= 4 is 28.6 Å². The Labute approximate surface area is 208 Å². The second-order valence-corrected chi connectivity index (χ2v) is 10.5. The number of amides is 2. The van der Waals surface area contributed by atoms with Crippen LogP contribution in [0.2, 0.25) is 0 Å². The van der Waals surface area contributed by atoms with E-state index in [1.54, 1.807) is 24.3 Å². The van der Waals surface area contributed by atoms with Crippen LogP contribution >= 0.6 is 0 Å². The third-order valence-electron chi connectivity index (χ3n) is 9.11. The minimum atomic E-state index is -0.541. The van der Waals surface area contributed by atoms with Gasteiger partial charge in [-0.05, 0) is 42.0 Å². The van der Waals surface area contributed by atoms with E-state index >= 15 is 0 Å². The number of H-pyrrole nitrogens is 1. The van der Waals surface area contributed by atoms with Gasteiger partial charge in [0.05, 0.1) is 23.2 Å². The second-order valence-electron chi connectivity index (χ2n) is 10.5. The predicted molar refractivity (Wildman–Crippen MR) is 127 cm³/mol. The van der Waals surface area contributed by atoms with Crippen LogP contribution in [0.15, 0.2) is 57.4 Å². The van der Waals surface area contributed by atoms with E-state index in [0.717, 1.165) is 18.4 Å². The van der Waals surface area contributed by atoms with Gasteiger partial charge in [-0.15, -0.1) is 0 Å². The van der Waals surface area contributed by atoms with Crippen LogP contribution in [0, 0.1) is 33.5 Å². The molecule has 1 aromatic carbocycles. The standard InChI is InChI=1S/C26H19N7O4/c27-11-25-10-26-18(25)7-24(26,8-19(25)26)12-29-22(35)16-6-15(31-20-3-4-30-33(16)20)21(34)28-9-13-1-2-17-14(5-13)32-23(36)37-17/h1-7,19H,8-10,12H2,(H,28,34)(H,29,35)(H,32,36). The van der Waals surface area contributed by atoms with E-state index in [1.165, 1.54) is 22.4 Å². The third-order valence-corrected chi connectivity index (χ3v) is 9.11. The topological polar surface area (TPSA) is 158 Å². The lowest BCUT2D eigenvalue weighted by Gasteiger charge is -2.93. The summed E-state index contributed by atoms with van der Waals surface area (Å²) in [6.45, 7) is 0.693. The molecule has 9 rings (SSSR count). The number of nitrogens with zero attached hydrogens (tertiary/aromatic N) is 4. The van der Waals surface area contributed by atoms with Gasteiger partial charge in [-0.3, -0.25) is 14.6 Å². The van der Waals surface area contributed by atoms with Crippen molar-refractivity contribution < 1.29 is 14.0 Å². The summed E-state index contributed by atoms with van der Waals surface area (Å²) in [4.78, 5) is 44.5. The normalized spacial score (nSPS) is 29.6. The van der Waals surface area contributed by atoms with E-state index < -0.39 is 11.7 Å². The van der Waals surface area contributed by atoms with Crippen LogP contribution in [0.1, 0.15) is 39.4 Å². The third kappa shape index (κ3) is 2.25. The van der Waals surface area contributed by atoms with Gasteiger partial charge in [0, 0.05) is 36.1 Å². The number of carbonyl (C=O) groups is 2. The van der Waals surface area contributed by atoms with Crippen LogP contribution < -0.4 is 16.4 Å². The van der Waals surface area contributed by atoms with Crippen LogP contribution in [0.4, 0.5) is 0 Å². The van der Waals surface area contributed by atoms with Crippen molar-refractivity contribution in [2.45, 2.75) is 19.4 Å². The van der Waals surface area contributed by atoms with E-state index in [0.29, 0.717) is 29.2 Å². The summed E-state index contributed by atoms with van der Waals surface area (Å²) >= 11 is 0. The molecule has 3 heterocycles. The van der Waals surface area contributed by atoms with Crippen LogP contribution in [0.3, 0.4) is 0 Å². The molecule has 11 nitrogen and oxygen atoms in total. The minimum absolute atomic E-state index is 0.0436. The molecule has 0 aliphatic heterocycles. The fourth-order valence-electron chi connectivity index (χ4n) is 7.31. The lowest BCUT2D eigenvalue weighted by molar-refractivity contribution is -0.342. The van der Waals surface area contributed by atoms with Gasteiger partial charge in [0.15, 0.2) is 11.2 Å². The highest BCUT2D eigenvalue weighted by molar-refractivity contribution is 5.98. The maximum atomic E-state index is 13.2. The summed E-state index contributed by atoms with van der Waals surface area (Å²) in [6.07, 6.45) is 5.58. The molecule has 4 fully saturated rings. The first kappa shape index (κ1) is 20.5. The molecule has 1 spiro atoms. The lowest BCUT2D eigenvalue weighted by atomic mass is 9.08. The predicted octanol–water partition coefficient (Wildman–Crippen LogP) is 1.68. The van der Waals surface area contributed by atoms with Gasteiger partial charge in [-0.1, -0.05) is 12.1 Å². The Bertz CT molecular complexity index is 1860. The molecule has 11 heteroatoms. The Morgan fingerprint density at radius 2 is 2.14 bits per heavy atom. The van der Waals surface area contributed by atoms with Gasteiger partial charge in [0.1, 0.15) is 11.4 Å². The average molecular weight is 493 g/mol. The molecule has 0 saturated heterocycles. The molecule has 4 unspecified atom stereocenters. The molecular weight excluding hydrogens is 474 g/mol. The highest BCUT2D eigenvalue weighted by Gasteiger charge is 2.95. The Kier molecular flexibility index (Phi) is 3.51. The van der Waals surface area contributed by atoms with Gasteiger partial charge in [0.25, 0.3) is 11.8 Å². The van der Waals surface area contributed by atoms with Crippen molar-refractivity contribution in [2.24, 2.45) is 22.2 Å². The number of fused-ring (bicyclic) bond motifs is 2. The SMILES string of the molecule is N#CC12CC34C1=CC3(CNC(=O)c1cc(C(=O)NCc3ccc5oc(=O)[nH]c5c3)nc3ccnn13)CC24. The number of nitriles is 1. The van der Waals surface area contributed by atoms with Crippen molar-refractivity contribution in [3.8, 4) is 6.07 Å². The van der Waals surface area contributed by atoms with Crippen molar-refractivity contribution in [3.63, 3.8) is 0 Å². The summed E-state index contributed by atoms with van der Waals surface area (Å²) in [5.41, 5.74) is 3.63. The number of oxazole rings is 1. The molecule has 4 atom stereocenters. The zero-order chi connectivity index (χ0) is 25.2. The Hall–Kier alpha value is -4.72. The molecule has 5 aliphatic carbocycles. The van der Waals surface area contributed by atoms with E-state index in [2.05, 4.69) is 37.8 Å². The number of nitrogens with one attached hydrogen (secondary N) is 3. The summed E-state index contributed by atoms with van der Waals surface area (Å²) in [7, 11) is 0. The first-order valence-corrected chi connectivity index (χ1v) is 12.1. The first-order valence-electron chi connectivity index (χ1n) is 12.1. The molecule has 2 bridgehead atoms. The highest BCUT2D eigenvalue weighted by Crippen LogP contribution is 2.99. The molecule has 5 aliphatic rings. The number of benzene rings is 1. The fraction of sp³-hybridized carbons (Fsp3) is 0.308. The zero-order valence-electron chi connectivity index (χ0n) is 19.4. The molecule has 37 heavy (non-hydrogen) atoms. The van der Waals surface area contributed by atoms with Crippen molar-refractivity contribution in [2.75, 3.05) is 6.54 Å². The second kappa shape index (κ2) is 6.34. The molecule has 182 valence electrons. The summed E-state index contributed by atoms with van der Waals surface area (Å²) in [5, 5.41) is 19.6. The van der Waals surface area contributed by atoms with E-state index in [1.807, 2.05) is 0 Å². The lowest BCUT2D eigenvalue weighted by Crippen LogP contribution is -2.90. The Balaban J connectivity index is 1.00. The summed E-state index contributed by atoms with van der Waals surface area (Å²) in [5.74, 6) is -0.867. The number of hydrogen-bond acceptors (Lipinski definition) is 7. The maximum Gasteiger partial charge on any atom is 0.417 e. The van der Waals surface area contributed by atoms with E-state index in [9.17, 15) is 19.6 Å². The van der Waals surface area contributed by atoms with E-state index in [-0.39, 0.29) is 40.1 Å². The highest BCUT2D eigenvalue weighted by atomic mass is 16.4. The molecule has 2 amide bonds. The molecule has 4 saturated carbocycles. The maximum absolute atomic E-state index is 13.2. The number of hydrogen-bond donors (Lipinski definition) is 3. The number of aromatic nitrogens is 4. The van der Waals surface area contributed by atoms with Gasteiger partial charge < -0.3 is 15.1 Å². The van der Waals surface area contributed by atoms with Gasteiger partial charge in [-0.25, -0.2) is 14.3 Å². The Morgan fingerprint density at radius 3 is 2.89 bits per heavy atom. The molecular formula is C26H19N7O4. The summed E-state index contributed by atoms with van der Waals surface area (Å²) < 4.78 is 6.42. The average Bonchev–Trinajstić information content (AvgIpc) is 3.51. The van der Waals surface area contributed by atoms with Crippen LogP contribution in [-0.2, 0) is 6.54 Å². The minimum Gasteiger partial charge on any atom is -0.408 e. The number of aromatic amines is 1. The quantitative estimate of drug-likeness (QED) is 0.345. The van der Waals surface area contributed by atoms with Gasteiger partial charge in [0.2, 0.25) is 0 Å². The molecule has 4 aromatic rings. The molecule has 3 N–H and O–H groups in total. The van der Waals surface area contributed by atoms with E-state index in [4.69, 9.17) is 4.42 Å². The van der Waals surface area contributed by atoms with Crippen molar-refractivity contribution in [1.29, 1.82) is 5.26 Å². The summed E-state index contributed by atoms with van der Waals surface area (Å²) in [6, 6.07) is 10.7. The smallest absolute Gasteiger partial charge is 0.408 e.